The van der Waals surface area contributed by atoms with Gasteiger partial charge in [-0.2, -0.15) is 0 Å². The number of hydrogen-bond donors (Lipinski definition) is 1. The zero-order chi connectivity index (χ0) is 20.2. The van der Waals surface area contributed by atoms with Gasteiger partial charge in [0, 0.05) is 29.7 Å². The van der Waals surface area contributed by atoms with Crippen LogP contribution in [0.2, 0.25) is 0 Å². The first-order valence-corrected chi connectivity index (χ1v) is 10.3. The predicted octanol–water partition coefficient (Wildman–Crippen LogP) is 4.49. The maximum atomic E-state index is 13.3. The lowest BCUT2D eigenvalue weighted by Gasteiger charge is -2.27. The number of nitrogens with zero attached hydrogens (tertiary/aromatic N) is 2. The van der Waals surface area contributed by atoms with Gasteiger partial charge in [0.05, 0.1) is 24.9 Å². The molecular weight excluding hydrogens is 369 g/mol. The third kappa shape index (κ3) is 4.60. The maximum absolute atomic E-state index is 13.3. The molecule has 1 aliphatic heterocycles. The quantitative estimate of drug-likeness (QED) is 0.638. The van der Waals surface area contributed by atoms with Crippen LogP contribution >= 0.6 is 0 Å². The SMILES string of the molecule is Cc1c(C)n(NC(CCC2OCCCO2)Cc2ccc(F)cc2)c2cnccc12. The van der Waals surface area contributed by atoms with Gasteiger partial charge in [0.15, 0.2) is 6.29 Å². The fraction of sp³-hybridized carbons (Fsp3) is 0.435. The van der Waals surface area contributed by atoms with Gasteiger partial charge < -0.3 is 14.9 Å². The van der Waals surface area contributed by atoms with Crippen LogP contribution in [0, 0.1) is 19.7 Å². The smallest absolute Gasteiger partial charge is 0.157 e. The highest BCUT2D eigenvalue weighted by Gasteiger charge is 2.20. The van der Waals surface area contributed by atoms with Crippen molar-refractivity contribution in [1.82, 2.24) is 9.66 Å². The summed E-state index contributed by atoms with van der Waals surface area (Å²) in [5.41, 5.74) is 8.26. The van der Waals surface area contributed by atoms with Crippen LogP contribution in [0.1, 0.15) is 36.1 Å². The Balaban J connectivity index is 1.55. The summed E-state index contributed by atoms with van der Waals surface area (Å²) in [5.74, 6) is -0.212. The third-order valence-electron chi connectivity index (χ3n) is 5.68. The fourth-order valence-electron chi connectivity index (χ4n) is 3.93. The van der Waals surface area contributed by atoms with Crippen LogP contribution in [0.5, 0.6) is 0 Å². The van der Waals surface area contributed by atoms with E-state index in [4.69, 9.17) is 9.47 Å². The Kier molecular flexibility index (Phi) is 6.11. The molecule has 4 rings (SSSR count). The lowest BCUT2D eigenvalue weighted by molar-refractivity contribution is -0.181. The molecule has 1 atom stereocenters. The van der Waals surface area contributed by atoms with Gasteiger partial charge in [-0.15, -0.1) is 0 Å². The Morgan fingerprint density at radius 3 is 2.69 bits per heavy atom. The van der Waals surface area contributed by atoms with Crippen LogP contribution < -0.4 is 5.43 Å². The molecule has 1 unspecified atom stereocenters. The van der Waals surface area contributed by atoms with Crippen molar-refractivity contribution in [2.24, 2.45) is 0 Å². The molecule has 0 spiro atoms. The van der Waals surface area contributed by atoms with Gasteiger partial charge in [0.1, 0.15) is 5.82 Å². The van der Waals surface area contributed by atoms with E-state index >= 15 is 0 Å². The molecule has 5 nitrogen and oxygen atoms in total. The monoisotopic (exact) mass is 397 g/mol. The van der Waals surface area contributed by atoms with E-state index in [1.807, 2.05) is 24.5 Å². The van der Waals surface area contributed by atoms with E-state index < -0.39 is 0 Å². The van der Waals surface area contributed by atoms with Crippen molar-refractivity contribution >= 4 is 10.9 Å². The van der Waals surface area contributed by atoms with Gasteiger partial charge >= 0.3 is 0 Å². The van der Waals surface area contributed by atoms with Gasteiger partial charge in [-0.3, -0.25) is 9.66 Å². The Labute approximate surface area is 170 Å². The molecule has 0 amide bonds. The number of pyridine rings is 1. The van der Waals surface area contributed by atoms with Gasteiger partial charge in [-0.25, -0.2) is 4.39 Å². The van der Waals surface area contributed by atoms with Crippen molar-refractivity contribution in [1.29, 1.82) is 0 Å². The molecule has 3 heterocycles. The molecule has 29 heavy (non-hydrogen) atoms. The fourth-order valence-corrected chi connectivity index (χ4v) is 3.93. The highest BCUT2D eigenvalue weighted by Crippen LogP contribution is 2.24. The average Bonchev–Trinajstić information content (AvgIpc) is 2.99. The molecule has 1 fully saturated rings. The number of ether oxygens (including phenoxy) is 2. The van der Waals surface area contributed by atoms with Crippen LogP contribution in [-0.2, 0) is 15.9 Å². The normalized spacial score (nSPS) is 16.2. The number of aromatic nitrogens is 2. The van der Waals surface area contributed by atoms with Crippen molar-refractivity contribution in [3.05, 3.63) is 65.4 Å². The second kappa shape index (κ2) is 8.93. The standard InChI is InChI=1S/C23H28FN3O2/c1-16-17(2)27(22-15-25-11-10-21(16)22)26-20(8-9-23-28-12-3-13-29-23)14-18-4-6-19(24)7-5-18/h4-7,10-11,15,20,23,26H,3,8-9,12-14H2,1-2H3. The minimum Gasteiger partial charge on any atom is -0.353 e. The molecule has 0 aliphatic carbocycles. The van der Waals surface area contributed by atoms with Crippen molar-refractivity contribution in [2.75, 3.05) is 18.6 Å². The van der Waals surface area contributed by atoms with Crippen molar-refractivity contribution in [3.63, 3.8) is 0 Å². The van der Waals surface area contributed by atoms with Crippen LogP contribution in [0.4, 0.5) is 4.39 Å². The molecular formula is C23H28FN3O2. The molecule has 0 radical (unpaired) electrons. The van der Waals surface area contributed by atoms with Gasteiger partial charge in [0.25, 0.3) is 0 Å². The minimum absolute atomic E-state index is 0.142. The summed E-state index contributed by atoms with van der Waals surface area (Å²) < 4.78 is 26.9. The van der Waals surface area contributed by atoms with Crippen LogP contribution in [0.25, 0.3) is 10.9 Å². The molecule has 1 saturated heterocycles. The molecule has 1 aliphatic rings. The molecule has 1 aromatic carbocycles. The van der Waals surface area contributed by atoms with Crippen LogP contribution in [-0.4, -0.2) is 35.2 Å². The average molecular weight is 397 g/mol. The Hall–Kier alpha value is -2.44. The first kappa shape index (κ1) is 19.9. The molecule has 2 aromatic heterocycles. The molecule has 154 valence electrons. The van der Waals surface area contributed by atoms with Gasteiger partial charge in [-0.05, 0) is 62.4 Å². The van der Waals surface area contributed by atoms with Crippen molar-refractivity contribution < 1.29 is 13.9 Å². The van der Waals surface area contributed by atoms with E-state index in [0.717, 1.165) is 50.0 Å². The zero-order valence-corrected chi connectivity index (χ0v) is 17.0. The minimum atomic E-state index is -0.212. The number of rotatable bonds is 7. The number of nitrogens with one attached hydrogen (secondary N) is 1. The number of hydrogen-bond acceptors (Lipinski definition) is 4. The van der Waals surface area contributed by atoms with Crippen LogP contribution in [0.3, 0.4) is 0 Å². The summed E-state index contributed by atoms with van der Waals surface area (Å²) >= 11 is 0. The van der Waals surface area contributed by atoms with Gasteiger partial charge in [0.2, 0.25) is 0 Å². The Morgan fingerprint density at radius 2 is 1.93 bits per heavy atom. The zero-order valence-electron chi connectivity index (χ0n) is 17.0. The summed E-state index contributed by atoms with van der Waals surface area (Å²) in [6, 6.07) is 8.93. The number of fused-ring (bicyclic) bond motifs is 1. The van der Waals surface area contributed by atoms with Crippen molar-refractivity contribution in [2.45, 2.75) is 51.9 Å². The summed E-state index contributed by atoms with van der Waals surface area (Å²) in [7, 11) is 0. The van der Waals surface area contributed by atoms with E-state index in [-0.39, 0.29) is 18.1 Å². The lowest BCUT2D eigenvalue weighted by Crippen LogP contribution is -2.33. The highest BCUT2D eigenvalue weighted by molar-refractivity contribution is 5.84. The number of halogens is 1. The predicted molar refractivity (Wildman–Crippen MR) is 112 cm³/mol. The number of benzene rings is 1. The van der Waals surface area contributed by atoms with Crippen LogP contribution in [0.15, 0.2) is 42.7 Å². The Bertz CT molecular complexity index is 949. The summed E-state index contributed by atoms with van der Waals surface area (Å²) in [6.45, 7) is 5.76. The topological polar surface area (TPSA) is 48.3 Å². The summed E-state index contributed by atoms with van der Waals surface area (Å²) in [4.78, 5) is 4.31. The highest BCUT2D eigenvalue weighted by atomic mass is 19.1. The second-order valence-electron chi connectivity index (χ2n) is 7.70. The van der Waals surface area contributed by atoms with E-state index in [1.54, 1.807) is 0 Å². The van der Waals surface area contributed by atoms with Crippen molar-refractivity contribution in [3.8, 4) is 0 Å². The summed E-state index contributed by atoms with van der Waals surface area (Å²) in [6.07, 6.45) is 7.00. The molecule has 1 N–H and O–H groups in total. The molecule has 3 aromatic rings. The Morgan fingerprint density at radius 1 is 1.17 bits per heavy atom. The van der Waals surface area contributed by atoms with E-state index in [2.05, 4.69) is 35.0 Å². The summed E-state index contributed by atoms with van der Waals surface area (Å²) in [5, 5.41) is 1.20. The van der Waals surface area contributed by atoms with E-state index in [0.29, 0.717) is 0 Å². The second-order valence-corrected chi connectivity index (χ2v) is 7.70. The van der Waals surface area contributed by atoms with Gasteiger partial charge in [-0.1, -0.05) is 12.1 Å². The first-order valence-electron chi connectivity index (χ1n) is 10.3. The van der Waals surface area contributed by atoms with E-state index in [9.17, 15) is 4.39 Å². The lowest BCUT2D eigenvalue weighted by atomic mass is 10.0. The number of aryl methyl sites for hydroxylation is 1. The maximum Gasteiger partial charge on any atom is 0.157 e. The molecule has 6 heteroatoms. The first-order chi connectivity index (χ1) is 14.1. The third-order valence-corrected chi connectivity index (χ3v) is 5.68. The largest absolute Gasteiger partial charge is 0.353 e. The molecule has 0 saturated carbocycles. The molecule has 0 bridgehead atoms. The van der Waals surface area contributed by atoms with E-state index in [1.165, 1.54) is 28.8 Å².